The average molecular weight is 683 g/mol. The van der Waals surface area contributed by atoms with Crippen molar-refractivity contribution in [1.29, 1.82) is 0 Å². The molecule has 0 heteroatoms. The van der Waals surface area contributed by atoms with Crippen LogP contribution in [0.5, 0.6) is 0 Å². The first-order valence-corrected chi connectivity index (χ1v) is 18.7. The van der Waals surface area contributed by atoms with Crippen molar-refractivity contribution >= 4 is 64.6 Å². The van der Waals surface area contributed by atoms with Crippen LogP contribution in [0.15, 0.2) is 206 Å². The van der Waals surface area contributed by atoms with Gasteiger partial charge in [-0.3, -0.25) is 0 Å². The minimum atomic E-state index is 1.21. The molecule has 0 bridgehead atoms. The Balaban J connectivity index is 1.23. The van der Waals surface area contributed by atoms with Crippen LogP contribution in [-0.2, 0) is 0 Å². The second-order valence-electron chi connectivity index (χ2n) is 14.5. The van der Waals surface area contributed by atoms with Gasteiger partial charge in [-0.15, -0.1) is 0 Å². The standard InChI is InChI=1S/C54H34/c1-3-14-37-30-40(26-24-35(37)12-1)39-17-11-18-44(32-39)53-48-22-9-10-23-49(48)54(51-34-43-16-5-6-19-45(43)46-20-7-8-21-47(46)51)52-33-42(28-29-50(52)53)41-27-25-36-13-2-4-15-38(36)31-41/h1-34H. The van der Waals surface area contributed by atoms with Crippen LogP contribution in [0.4, 0.5) is 0 Å². The zero-order chi connectivity index (χ0) is 35.6. The molecule has 0 saturated carbocycles. The first kappa shape index (κ1) is 30.6. The maximum absolute atomic E-state index is 2.45. The van der Waals surface area contributed by atoms with Gasteiger partial charge in [0.15, 0.2) is 0 Å². The number of hydrogen-bond donors (Lipinski definition) is 0. The summed E-state index contributed by atoms with van der Waals surface area (Å²) in [5.41, 5.74) is 9.90. The van der Waals surface area contributed by atoms with E-state index >= 15 is 0 Å². The van der Waals surface area contributed by atoms with Crippen molar-refractivity contribution in [3.8, 4) is 44.5 Å². The van der Waals surface area contributed by atoms with Crippen LogP contribution in [0.1, 0.15) is 0 Å². The first-order valence-electron chi connectivity index (χ1n) is 18.7. The highest BCUT2D eigenvalue weighted by Crippen LogP contribution is 2.48. The second kappa shape index (κ2) is 12.3. The van der Waals surface area contributed by atoms with Gasteiger partial charge in [0.25, 0.3) is 0 Å². The summed E-state index contributed by atoms with van der Waals surface area (Å²) in [5.74, 6) is 0. The molecular weight excluding hydrogens is 649 g/mol. The lowest BCUT2D eigenvalue weighted by Gasteiger charge is -2.21. The summed E-state index contributed by atoms with van der Waals surface area (Å²) in [6, 6.07) is 76.3. The van der Waals surface area contributed by atoms with Crippen LogP contribution in [0.25, 0.3) is 109 Å². The predicted molar refractivity (Wildman–Crippen MR) is 233 cm³/mol. The fraction of sp³-hybridized carbons (Fsp3) is 0. The lowest BCUT2D eigenvalue weighted by atomic mass is 9.82. The van der Waals surface area contributed by atoms with Crippen LogP contribution >= 0.6 is 0 Å². The Morgan fingerprint density at radius 1 is 0.185 bits per heavy atom. The smallest absolute Gasteiger partial charge is 0.00197 e. The molecule has 0 aliphatic heterocycles. The summed E-state index contributed by atoms with van der Waals surface area (Å²) in [7, 11) is 0. The van der Waals surface area contributed by atoms with Crippen molar-refractivity contribution in [3.63, 3.8) is 0 Å². The molecular formula is C54H34. The third-order valence-electron chi connectivity index (χ3n) is 11.4. The van der Waals surface area contributed by atoms with Crippen molar-refractivity contribution in [2.75, 3.05) is 0 Å². The number of rotatable bonds is 4. The molecule has 0 amide bonds. The third kappa shape index (κ3) is 4.92. The highest BCUT2D eigenvalue weighted by molar-refractivity contribution is 6.26. The topological polar surface area (TPSA) is 0 Å². The van der Waals surface area contributed by atoms with Gasteiger partial charge in [-0.05, 0) is 139 Å². The van der Waals surface area contributed by atoms with Crippen LogP contribution in [0.2, 0.25) is 0 Å². The van der Waals surface area contributed by atoms with Crippen LogP contribution in [-0.4, -0.2) is 0 Å². The van der Waals surface area contributed by atoms with E-state index < -0.39 is 0 Å². The summed E-state index contributed by atoms with van der Waals surface area (Å²) >= 11 is 0. The summed E-state index contributed by atoms with van der Waals surface area (Å²) in [5, 5.41) is 15.1. The largest absolute Gasteiger partial charge is 0.0616 e. The molecule has 0 aliphatic rings. The SMILES string of the molecule is c1cc(-c2ccc3ccccc3c2)cc(-c2c3ccccc3c(-c3cc4ccccc4c4ccccc34)c3cc(-c4ccc5ccccc5c4)ccc23)c1. The Bertz CT molecular complexity index is 3270. The normalized spacial score (nSPS) is 11.7. The molecule has 0 spiro atoms. The lowest BCUT2D eigenvalue weighted by Crippen LogP contribution is -1.93. The summed E-state index contributed by atoms with van der Waals surface area (Å²) < 4.78 is 0. The molecule has 250 valence electrons. The van der Waals surface area contributed by atoms with Crippen molar-refractivity contribution in [2.24, 2.45) is 0 Å². The molecule has 54 heavy (non-hydrogen) atoms. The molecule has 11 aromatic rings. The van der Waals surface area contributed by atoms with Gasteiger partial charge in [0.05, 0.1) is 0 Å². The quantitative estimate of drug-likeness (QED) is 0.128. The fourth-order valence-corrected chi connectivity index (χ4v) is 8.81. The Morgan fingerprint density at radius 2 is 0.648 bits per heavy atom. The van der Waals surface area contributed by atoms with E-state index in [0.29, 0.717) is 0 Å². The van der Waals surface area contributed by atoms with Crippen molar-refractivity contribution in [3.05, 3.63) is 206 Å². The minimum Gasteiger partial charge on any atom is -0.0616 e. The summed E-state index contributed by atoms with van der Waals surface area (Å²) in [4.78, 5) is 0. The molecule has 0 nitrogen and oxygen atoms in total. The van der Waals surface area contributed by atoms with Gasteiger partial charge in [0.1, 0.15) is 0 Å². The van der Waals surface area contributed by atoms with Crippen molar-refractivity contribution in [1.82, 2.24) is 0 Å². The molecule has 11 aromatic carbocycles. The maximum Gasteiger partial charge on any atom is -0.00197 e. The zero-order valence-electron chi connectivity index (χ0n) is 29.6. The Morgan fingerprint density at radius 3 is 1.33 bits per heavy atom. The van der Waals surface area contributed by atoms with E-state index in [-0.39, 0.29) is 0 Å². The maximum atomic E-state index is 2.45. The molecule has 11 rings (SSSR count). The summed E-state index contributed by atoms with van der Waals surface area (Å²) in [6.07, 6.45) is 0. The molecule has 0 saturated heterocycles. The molecule has 0 unspecified atom stereocenters. The van der Waals surface area contributed by atoms with E-state index in [4.69, 9.17) is 0 Å². The van der Waals surface area contributed by atoms with Gasteiger partial charge in [0, 0.05) is 0 Å². The van der Waals surface area contributed by atoms with Gasteiger partial charge in [0.2, 0.25) is 0 Å². The lowest BCUT2D eigenvalue weighted by molar-refractivity contribution is 1.62. The van der Waals surface area contributed by atoms with Gasteiger partial charge < -0.3 is 0 Å². The number of benzene rings is 11. The van der Waals surface area contributed by atoms with E-state index in [1.165, 1.54) is 109 Å². The van der Waals surface area contributed by atoms with Gasteiger partial charge in [-0.25, -0.2) is 0 Å². The zero-order valence-corrected chi connectivity index (χ0v) is 29.6. The van der Waals surface area contributed by atoms with Crippen LogP contribution in [0.3, 0.4) is 0 Å². The van der Waals surface area contributed by atoms with E-state index in [1.54, 1.807) is 0 Å². The van der Waals surface area contributed by atoms with Crippen molar-refractivity contribution in [2.45, 2.75) is 0 Å². The first-order chi connectivity index (χ1) is 26.8. The van der Waals surface area contributed by atoms with Crippen molar-refractivity contribution < 1.29 is 0 Å². The van der Waals surface area contributed by atoms with Crippen LogP contribution in [0, 0.1) is 0 Å². The average Bonchev–Trinajstić information content (AvgIpc) is 3.25. The molecule has 0 heterocycles. The molecule has 0 N–H and O–H groups in total. The minimum absolute atomic E-state index is 1.21. The van der Waals surface area contributed by atoms with Gasteiger partial charge in [-0.1, -0.05) is 176 Å². The van der Waals surface area contributed by atoms with Crippen LogP contribution < -0.4 is 0 Å². The number of fused-ring (bicyclic) bond motifs is 7. The Kier molecular flexibility index (Phi) is 6.97. The van der Waals surface area contributed by atoms with Gasteiger partial charge >= 0.3 is 0 Å². The molecule has 0 atom stereocenters. The number of hydrogen-bond acceptors (Lipinski definition) is 0. The van der Waals surface area contributed by atoms with E-state index in [9.17, 15) is 0 Å². The Hall–Kier alpha value is -7.02. The molecule has 0 radical (unpaired) electrons. The second-order valence-corrected chi connectivity index (χ2v) is 14.5. The van der Waals surface area contributed by atoms with E-state index in [2.05, 4.69) is 206 Å². The summed E-state index contributed by atoms with van der Waals surface area (Å²) in [6.45, 7) is 0. The Labute approximate surface area is 314 Å². The fourth-order valence-electron chi connectivity index (χ4n) is 8.81. The monoisotopic (exact) mass is 682 g/mol. The molecule has 0 aliphatic carbocycles. The molecule has 0 aromatic heterocycles. The molecule has 0 fully saturated rings. The van der Waals surface area contributed by atoms with E-state index in [1.807, 2.05) is 0 Å². The highest BCUT2D eigenvalue weighted by Gasteiger charge is 2.20. The predicted octanol–water partition coefficient (Wildman–Crippen LogP) is 15.3. The third-order valence-corrected chi connectivity index (χ3v) is 11.4. The van der Waals surface area contributed by atoms with Gasteiger partial charge in [-0.2, -0.15) is 0 Å². The highest BCUT2D eigenvalue weighted by atomic mass is 14.2. The van der Waals surface area contributed by atoms with E-state index in [0.717, 1.165) is 0 Å².